The summed E-state index contributed by atoms with van der Waals surface area (Å²) in [5, 5.41) is 12.5. The average Bonchev–Trinajstić information content (AvgIpc) is 3.50. The van der Waals surface area contributed by atoms with Crippen LogP contribution in [0.25, 0.3) is 11.3 Å². The molecule has 2 amide bonds. The Balaban J connectivity index is 1.60. The van der Waals surface area contributed by atoms with Crippen molar-refractivity contribution in [1.82, 2.24) is 14.5 Å². The third-order valence-corrected chi connectivity index (χ3v) is 7.64. The van der Waals surface area contributed by atoms with E-state index in [-0.39, 0.29) is 11.6 Å². The van der Waals surface area contributed by atoms with Gasteiger partial charge >= 0.3 is 0 Å². The maximum atomic E-state index is 13.8. The van der Waals surface area contributed by atoms with Crippen molar-refractivity contribution in [3.63, 3.8) is 0 Å². The number of hydrogen-bond acceptors (Lipinski definition) is 5. The molecule has 0 aliphatic carbocycles. The SMILES string of the molecule is CCCc1cc(C(=O)N2CCC[C@]2(C)C#N)n2c1-c1cc(C(=O)Nc3ccc[nH]c3=O)c(OC)cc1CC2. The van der Waals surface area contributed by atoms with E-state index in [1.807, 2.05) is 23.6 Å². The van der Waals surface area contributed by atoms with Gasteiger partial charge in [0.2, 0.25) is 0 Å². The van der Waals surface area contributed by atoms with Crippen LogP contribution in [0.15, 0.2) is 41.3 Å². The van der Waals surface area contributed by atoms with Crippen LogP contribution in [0.4, 0.5) is 5.69 Å². The van der Waals surface area contributed by atoms with Gasteiger partial charge in [-0.05, 0) is 74.1 Å². The fourth-order valence-corrected chi connectivity index (χ4v) is 5.67. The summed E-state index contributed by atoms with van der Waals surface area (Å²) in [6.07, 6.45) is 5.28. The number of fused-ring (bicyclic) bond motifs is 3. The van der Waals surface area contributed by atoms with Gasteiger partial charge < -0.3 is 24.5 Å². The number of aryl methyl sites for hydroxylation is 2. The molecule has 0 radical (unpaired) electrons. The summed E-state index contributed by atoms with van der Waals surface area (Å²) in [4.78, 5) is 43.5. The van der Waals surface area contributed by atoms with E-state index in [1.54, 1.807) is 17.0 Å². The van der Waals surface area contributed by atoms with Crippen LogP contribution in [0.2, 0.25) is 0 Å². The molecule has 0 bridgehead atoms. The molecule has 1 saturated heterocycles. The molecule has 1 atom stereocenters. The molecule has 4 heterocycles. The van der Waals surface area contributed by atoms with Gasteiger partial charge in [0.1, 0.15) is 22.7 Å². The predicted octanol–water partition coefficient (Wildman–Crippen LogP) is 4.13. The number of benzene rings is 1. The molecular weight excluding hydrogens is 482 g/mol. The molecule has 3 aromatic rings. The number of carbonyl (C=O) groups is 2. The first-order valence-electron chi connectivity index (χ1n) is 13.0. The van der Waals surface area contributed by atoms with E-state index in [9.17, 15) is 19.6 Å². The number of aromatic nitrogens is 2. The summed E-state index contributed by atoms with van der Waals surface area (Å²) in [6.45, 7) is 5.09. The zero-order valence-corrected chi connectivity index (χ0v) is 21.9. The summed E-state index contributed by atoms with van der Waals surface area (Å²) in [6, 6.07) is 11.2. The Hall–Kier alpha value is -4.32. The van der Waals surface area contributed by atoms with Gasteiger partial charge in [0.25, 0.3) is 17.4 Å². The highest BCUT2D eigenvalue weighted by molar-refractivity contribution is 6.07. The van der Waals surface area contributed by atoms with E-state index in [1.165, 1.54) is 19.4 Å². The van der Waals surface area contributed by atoms with E-state index < -0.39 is 17.0 Å². The second-order valence-electron chi connectivity index (χ2n) is 10.1. The third kappa shape index (κ3) is 4.16. The van der Waals surface area contributed by atoms with Crippen molar-refractivity contribution in [2.75, 3.05) is 19.0 Å². The number of nitrogens with zero attached hydrogens (tertiary/aromatic N) is 3. The smallest absolute Gasteiger partial charge is 0.271 e. The molecule has 38 heavy (non-hydrogen) atoms. The van der Waals surface area contributed by atoms with Gasteiger partial charge in [-0.25, -0.2) is 0 Å². The lowest BCUT2D eigenvalue weighted by atomic mass is 9.92. The summed E-state index contributed by atoms with van der Waals surface area (Å²) >= 11 is 0. The molecule has 0 saturated carbocycles. The van der Waals surface area contributed by atoms with Gasteiger partial charge in [0.15, 0.2) is 0 Å². The number of rotatable bonds is 6. The van der Waals surface area contributed by atoms with Gasteiger partial charge in [0, 0.05) is 24.8 Å². The Morgan fingerprint density at radius 1 is 1.26 bits per heavy atom. The topological polar surface area (TPSA) is 120 Å². The number of likely N-dealkylation sites (tertiary alicyclic amines) is 1. The first-order chi connectivity index (χ1) is 18.3. The normalized spacial score (nSPS) is 17.9. The van der Waals surface area contributed by atoms with Crippen molar-refractivity contribution in [2.45, 2.75) is 58.0 Å². The highest BCUT2D eigenvalue weighted by Gasteiger charge is 2.41. The molecule has 2 aliphatic rings. The zero-order chi connectivity index (χ0) is 27.0. The lowest BCUT2D eigenvalue weighted by Crippen LogP contribution is -2.44. The third-order valence-electron chi connectivity index (χ3n) is 7.64. The summed E-state index contributed by atoms with van der Waals surface area (Å²) in [5.41, 5.74) is 3.67. The van der Waals surface area contributed by atoms with Gasteiger partial charge in [-0.1, -0.05) is 13.3 Å². The largest absolute Gasteiger partial charge is 0.496 e. The van der Waals surface area contributed by atoms with Gasteiger partial charge in [0.05, 0.1) is 24.4 Å². The van der Waals surface area contributed by atoms with E-state index in [0.29, 0.717) is 42.9 Å². The van der Waals surface area contributed by atoms with Crippen LogP contribution in [0.3, 0.4) is 0 Å². The standard InChI is InChI=1S/C29H31N5O4/c1-4-7-19-14-23(28(37)34-12-6-10-29(34,2)17-30)33-13-9-18-15-24(38-3)21(16-20(18)25(19)33)26(35)32-22-8-5-11-31-27(22)36/h5,8,11,14-16H,4,6-7,9-10,12-13H2,1-3H3,(H,31,36)(H,32,35)/t29-/m1/s1. The fraction of sp³-hybridized carbons (Fsp3) is 0.379. The van der Waals surface area contributed by atoms with Crippen LogP contribution in [0.5, 0.6) is 5.75 Å². The van der Waals surface area contributed by atoms with Gasteiger partial charge in [-0.15, -0.1) is 0 Å². The molecule has 0 unspecified atom stereocenters. The Morgan fingerprint density at radius 3 is 2.79 bits per heavy atom. The number of nitriles is 1. The first kappa shape index (κ1) is 25.3. The van der Waals surface area contributed by atoms with Gasteiger partial charge in [-0.2, -0.15) is 5.26 Å². The molecule has 1 aromatic carbocycles. The number of ether oxygens (including phenoxy) is 1. The maximum Gasteiger partial charge on any atom is 0.271 e. The Labute approximate surface area is 221 Å². The maximum absolute atomic E-state index is 13.8. The highest BCUT2D eigenvalue weighted by atomic mass is 16.5. The molecule has 2 aliphatic heterocycles. The molecule has 2 aromatic heterocycles. The van der Waals surface area contributed by atoms with E-state index in [2.05, 4.69) is 23.3 Å². The van der Waals surface area contributed by atoms with Crippen molar-refractivity contribution in [3.05, 3.63) is 69.3 Å². The fourth-order valence-electron chi connectivity index (χ4n) is 5.67. The molecule has 0 spiro atoms. The second kappa shape index (κ2) is 9.86. The summed E-state index contributed by atoms with van der Waals surface area (Å²) in [7, 11) is 1.51. The molecule has 1 fully saturated rings. The number of carbonyl (C=O) groups excluding carboxylic acids is 2. The van der Waals surface area contributed by atoms with E-state index in [0.717, 1.165) is 41.6 Å². The minimum Gasteiger partial charge on any atom is -0.496 e. The van der Waals surface area contributed by atoms with Crippen molar-refractivity contribution in [3.8, 4) is 23.1 Å². The molecule has 9 heteroatoms. The minimum absolute atomic E-state index is 0.131. The van der Waals surface area contributed by atoms with Crippen LogP contribution in [0.1, 0.15) is 65.1 Å². The summed E-state index contributed by atoms with van der Waals surface area (Å²) < 4.78 is 7.61. The number of anilines is 1. The second-order valence-corrected chi connectivity index (χ2v) is 10.1. The Morgan fingerprint density at radius 2 is 2.08 bits per heavy atom. The Bertz CT molecular complexity index is 1530. The number of H-pyrrole nitrogens is 1. The van der Waals surface area contributed by atoms with Gasteiger partial charge in [-0.3, -0.25) is 14.4 Å². The Kier molecular flexibility index (Phi) is 6.57. The molecule has 5 rings (SSSR count). The minimum atomic E-state index is -0.812. The average molecular weight is 514 g/mol. The molecular formula is C29H31N5O4. The van der Waals surface area contributed by atoms with Crippen LogP contribution in [-0.2, 0) is 19.4 Å². The van der Waals surface area contributed by atoms with Crippen molar-refractivity contribution >= 4 is 17.5 Å². The number of aromatic amines is 1. The number of nitrogens with one attached hydrogen (secondary N) is 2. The van der Waals surface area contributed by atoms with Crippen LogP contribution in [-0.4, -0.2) is 45.5 Å². The van der Waals surface area contributed by atoms with Crippen LogP contribution < -0.4 is 15.6 Å². The molecule has 9 nitrogen and oxygen atoms in total. The lowest BCUT2D eigenvalue weighted by Gasteiger charge is -2.30. The lowest BCUT2D eigenvalue weighted by molar-refractivity contribution is 0.0681. The molecule has 196 valence electrons. The van der Waals surface area contributed by atoms with Crippen molar-refractivity contribution < 1.29 is 14.3 Å². The quantitative estimate of drug-likeness (QED) is 0.514. The molecule has 2 N–H and O–H groups in total. The monoisotopic (exact) mass is 513 g/mol. The summed E-state index contributed by atoms with van der Waals surface area (Å²) in [5.74, 6) is -0.169. The van der Waals surface area contributed by atoms with Crippen molar-refractivity contribution in [1.29, 1.82) is 5.26 Å². The van der Waals surface area contributed by atoms with Crippen LogP contribution in [0, 0.1) is 11.3 Å². The number of hydrogen-bond donors (Lipinski definition) is 2. The number of amides is 2. The van der Waals surface area contributed by atoms with E-state index in [4.69, 9.17) is 4.74 Å². The van der Waals surface area contributed by atoms with E-state index >= 15 is 0 Å². The van der Waals surface area contributed by atoms with Crippen molar-refractivity contribution in [2.24, 2.45) is 0 Å². The zero-order valence-electron chi connectivity index (χ0n) is 21.9. The van der Waals surface area contributed by atoms with Crippen LogP contribution >= 0.6 is 0 Å². The predicted molar refractivity (Wildman–Crippen MR) is 143 cm³/mol. The highest BCUT2D eigenvalue weighted by Crippen LogP contribution is 2.40. The first-order valence-corrected chi connectivity index (χ1v) is 13.0. The number of pyridine rings is 1. The number of methoxy groups -OCH3 is 1.